The zero-order chi connectivity index (χ0) is 13.7. The maximum atomic E-state index is 11.7. The van der Waals surface area contributed by atoms with Crippen molar-refractivity contribution in [1.29, 1.82) is 0 Å². The second-order valence-corrected chi connectivity index (χ2v) is 4.80. The number of halogens is 2. The van der Waals surface area contributed by atoms with Crippen molar-refractivity contribution in [2.24, 2.45) is 0 Å². The Morgan fingerprint density at radius 2 is 2.17 bits per heavy atom. The van der Waals surface area contributed by atoms with Crippen molar-refractivity contribution in [3.63, 3.8) is 0 Å². The molecule has 0 saturated carbocycles. The molecular formula is C11H12BrClN2O3. The van der Waals surface area contributed by atoms with Gasteiger partial charge in [-0.3, -0.25) is 4.79 Å². The fourth-order valence-electron chi connectivity index (χ4n) is 1.18. The van der Waals surface area contributed by atoms with Gasteiger partial charge in [-0.05, 0) is 28.1 Å². The van der Waals surface area contributed by atoms with Crippen LogP contribution in [0, 0.1) is 0 Å². The summed E-state index contributed by atoms with van der Waals surface area (Å²) >= 11 is 9.15. The lowest BCUT2D eigenvalue weighted by Gasteiger charge is -2.17. The van der Waals surface area contributed by atoms with E-state index in [9.17, 15) is 9.59 Å². The molecule has 0 radical (unpaired) electrons. The molecule has 0 atom stereocenters. The second-order valence-electron chi connectivity index (χ2n) is 3.60. The zero-order valence-corrected chi connectivity index (χ0v) is 12.0. The van der Waals surface area contributed by atoms with Gasteiger partial charge in [0.2, 0.25) is 0 Å². The van der Waals surface area contributed by atoms with Crippen molar-refractivity contribution in [3.8, 4) is 0 Å². The Labute approximate surface area is 118 Å². The minimum atomic E-state index is -0.946. The van der Waals surface area contributed by atoms with Crippen LogP contribution in [-0.2, 0) is 4.79 Å². The Hall–Kier alpha value is -1.27. The third-order valence-electron chi connectivity index (χ3n) is 2.20. The fourth-order valence-corrected chi connectivity index (χ4v) is 1.71. The lowest BCUT2D eigenvalue weighted by Crippen LogP contribution is -2.33. The smallest absolute Gasteiger partial charge is 0.321 e. The molecule has 0 spiro atoms. The number of benzene rings is 1. The number of urea groups is 1. The number of amides is 2. The highest BCUT2D eigenvalue weighted by atomic mass is 79.9. The summed E-state index contributed by atoms with van der Waals surface area (Å²) in [6.07, 6.45) is -0.0966. The molecule has 7 heteroatoms. The molecule has 2 N–H and O–H groups in total. The van der Waals surface area contributed by atoms with E-state index in [1.807, 2.05) is 0 Å². The summed E-state index contributed by atoms with van der Waals surface area (Å²) in [5.74, 6) is -0.946. The van der Waals surface area contributed by atoms with Crippen molar-refractivity contribution in [1.82, 2.24) is 4.90 Å². The summed E-state index contributed by atoms with van der Waals surface area (Å²) in [7, 11) is 1.52. The van der Waals surface area contributed by atoms with Gasteiger partial charge < -0.3 is 15.3 Å². The van der Waals surface area contributed by atoms with E-state index in [-0.39, 0.29) is 19.0 Å². The van der Waals surface area contributed by atoms with Gasteiger partial charge in [-0.2, -0.15) is 0 Å². The van der Waals surface area contributed by atoms with Gasteiger partial charge in [0.1, 0.15) is 0 Å². The second kappa shape index (κ2) is 6.61. The quantitative estimate of drug-likeness (QED) is 0.888. The summed E-state index contributed by atoms with van der Waals surface area (Å²) in [6, 6.07) is 4.70. The van der Waals surface area contributed by atoms with E-state index in [1.165, 1.54) is 11.9 Å². The average Bonchev–Trinajstić information content (AvgIpc) is 2.31. The van der Waals surface area contributed by atoms with Gasteiger partial charge in [0.05, 0.1) is 21.6 Å². The normalized spacial score (nSPS) is 9.94. The van der Waals surface area contributed by atoms with Crippen molar-refractivity contribution in [2.75, 3.05) is 18.9 Å². The minimum absolute atomic E-state index is 0.0966. The number of carbonyl (C=O) groups is 2. The van der Waals surface area contributed by atoms with Crippen LogP contribution in [0.2, 0.25) is 5.02 Å². The van der Waals surface area contributed by atoms with E-state index < -0.39 is 5.97 Å². The molecule has 18 heavy (non-hydrogen) atoms. The molecule has 0 aliphatic carbocycles. The molecule has 1 aromatic rings. The predicted molar refractivity (Wildman–Crippen MR) is 73.1 cm³/mol. The van der Waals surface area contributed by atoms with E-state index in [0.29, 0.717) is 15.2 Å². The Morgan fingerprint density at radius 1 is 1.50 bits per heavy atom. The molecular weight excluding hydrogens is 323 g/mol. The molecule has 0 heterocycles. The number of anilines is 1. The van der Waals surface area contributed by atoms with Crippen LogP contribution in [0.15, 0.2) is 22.7 Å². The molecule has 98 valence electrons. The number of rotatable bonds is 4. The molecule has 2 amide bonds. The first-order valence-corrected chi connectivity index (χ1v) is 6.27. The topological polar surface area (TPSA) is 69.6 Å². The van der Waals surface area contributed by atoms with Gasteiger partial charge in [-0.25, -0.2) is 4.79 Å². The molecule has 0 aliphatic rings. The van der Waals surface area contributed by atoms with Gasteiger partial charge in [0, 0.05) is 13.6 Å². The van der Waals surface area contributed by atoms with Gasteiger partial charge in [-0.15, -0.1) is 0 Å². The van der Waals surface area contributed by atoms with E-state index in [1.54, 1.807) is 18.2 Å². The zero-order valence-electron chi connectivity index (χ0n) is 9.61. The number of carboxylic acids is 1. The minimum Gasteiger partial charge on any atom is -0.481 e. The average molecular weight is 336 g/mol. The first-order valence-electron chi connectivity index (χ1n) is 5.09. The molecule has 0 aliphatic heterocycles. The Bertz CT molecular complexity index is 468. The van der Waals surface area contributed by atoms with Gasteiger partial charge in [0.15, 0.2) is 0 Å². The largest absolute Gasteiger partial charge is 0.481 e. The molecule has 1 rings (SSSR count). The lowest BCUT2D eigenvalue weighted by atomic mass is 10.3. The van der Waals surface area contributed by atoms with Crippen LogP contribution in [0.1, 0.15) is 6.42 Å². The molecule has 0 unspecified atom stereocenters. The van der Waals surface area contributed by atoms with Crippen LogP contribution in [0.5, 0.6) is 0 Å². The van der Waals surface area contributed by atoms with Crippen molar-refractivity contribution >= 4 is 45.2 Å². The molecule has 1 aromatic carbocycles. The van der Waals surface area contributed by atoms with E-state index in [0.717, 1.165) is 0 Å². The number of carbonyl (C=O) groups excluding carboxylic acids is 1. The van der Waals surface area contributed by atoms with Crippen molar-refractivity contribution < 1.29 is 14.7 Å². The Kier molecular flexibility index (Phi) is 5.43. The van der Waals surface area contributed by atoms with Crippen LogP contribution in [0.25, 0.3) is 0 Å². The summed E-state index contributed by atoms with van der Waals surface area (Å²) in [4.78, 5) is 23.4. The Morgan fingerprint density at radius 3 is 2.78 bits per heavy atom. The maximum absolute atomic E-state index is 11.7. The van der Waals surface area contributed by atoms with E-state index >= 15 is 0 Å². The first kappa shape index (κ1) is 14.8. The number of aliphatic carboxylic acids is 1. The standard InChI is InChI=1S/C11H12BrClN2O3/c1-15(6-5-9(16)17)11(18)14-8-4-2-3-7(13)10(8)12/h2-4H,5-6H2,1H3,(H,14,18)(H,16,17). The van der Waals surface area contributed by atoms with Crippen LogP contribution < -0.4 is 5.32 Å². The number of nitrogens with one attached hydrogen (secondary N) is 1. The third kappa shape index (κ3) is 4.19. The highest BCUT2D eigenvalue weighted by Crippen LogP contribution is 2.30. The summed E-state index contributed by atoms with van der Waals surface area (Å²) in [5.41, 5.74) is 0.537. The lowest BCUT2D eigenvalue weighted by molar-refractivity contribution is -0.137. The monoisotopic (exact) mass is 334 g/mol. The number of hydrogen-bond donors (Lipinski definition) is 2. The molecule has 0 aromatic heterocycles. The van der Waals surface area contributed by atoms with Crippen molar-refractivity contribution in [2.45, 2.75) is 6.42 Å². The van der Waals surface area contributed by atoms with Crippen LogP contribution in [-0.4, -0.2) is 35.6 Å². The van der Waals surface area contributed by atoms with E-state index in [4.69, 9.17) is 16.7 Å². The number of carboxylic acid groups (broad SMARTS) is 1. The predicted octanol–water partition coefficient (Wildman–Crippen LogP) is 3.04. The van der Waals surface area contributed by atoms with Crippen LogP contribution in [0.3, 0.4) is 0 Å². The number of nitrogens with zero attached hydrogens (tertiary/aromatic N) is 1. The number of hydrogen-bond acceptors (Lipinski definition) is 2. The maximum Gasteiger partial charge on any atom is 0.321 e. The molecule has 0 saturated heterocycles. The van der Waals surface area contributed by atoms with Gasteiger partial charge in [0.25, 0.3) is 0 Å². The highest BCUT2D eigenvalue weighted by Gasteiger charge is 2.12. The molecule has 5 nitrogen and oxygen atoms in total. The molecule has 0 bridgehead atoms. The van der Waals surface area contributed by atoms with Crippen LogP contribution in [0.4, 0.5) is 10.5 Å². The highest BCUT2D eigenvalue weighted by molar-refractivity contribution is 9.10. The Balaban J connectivity index is 2.64. The van der Waals surface area contributed by atoms with E-state index in [2.05, 4.69) is 21.2 Å². The fraction of sp³-hybridized carbons (Fsp3) is 0.273. The summed E-state index contributed by atoms with van der Waals surface area (Å²) in [6.45, 7) is 0.138. The van der Waals surface area contributed by atoms with Crippen molar-refractivity contribution in [3.05, 3.63) is 27.7 Å². The SMILES string of the molecule is CN(CCC(=O)O)C(=O)Nc1cccc(Cl)c1Br. The van der Waals surface area contributed by atoms with Gasteiger partial charge >= 0.3 is 12.0 Å². The molecule has 0 fully saturated rings. The third-order valence-corrected chi connectivity index (χ3v) is 3.60. The van der Waals surface area contributed by atoms with Gasteiger partial charge in [-0.1, -0.05) is 17.7 Å². The summed E-state index contributed by atoms with van der Waals surface area (Å²) < 4.78 is 0.589. The first-order chi connectivity index (χ1) is 8.41. The summed E-state index contributed by atoms with van der Waals surface area (Å²) in [5, 5.41) is 11.7. The van der Waals surface area contributed by atoms with Crippen LogP contribution >= 0.6 is 27.5 Å².